The molecule has 2 heterocycles. The van der Waals surface area contributed by atoms with E-state index in [4.69, 9.17) is 11.6 Å². The lowest BCUT2D eigenvalue weighted by Crippen LogP contribution is -2.42. The number of hydrogen-bond acceptors (Lipinski definition) is 2. The first-order valence-corrected chi connectivity index (χ1v) is 7.88. The van der Waals surface area contributed by atoms with E-state index >= 15 is 0 Å². The largest absolute Gasteiger partial charge is 0.312 e. The van der Waals surface area contributed by atoms with Gasteiger partial charge >= 0.3 is 0 Å². The Labute approximate surface area is 125 Å². The van der Waals surface area contributed by atoms with Crippen molar-refractivity contribution in [2.45, 2.75) is 44.3 Å². The van der Waals surface area contributed by atoms with E-state index in [1.54, 1.807) is 12.1 Å². The molecule has 2 aliphatic heterocycles. The Hall–Kier alpha value is -0.640. The maximum atomic E-state index is 13.6. The van der Waals surface area contributed by atoms with Crippen LogP contribution >= 0.6 is 11.6 Å². The van der Waals surface area contributed by atoms with Crippen LogP contribution in [0.3, 0.4) is 0 Å². The Morgan fingerprint density at radius 3 is 2.70 bits per heavy atom. The van der Waals surface area contributed by atoms with E-state index in [0.29, 0.717) is 17.1 Å². The van der Waals surface area contributed by atoms with Gasteiger partial charge in [0.05, 0.1) is 0 Å². The fourth-order valence-electron chi connectivity index (χ4n) is 3.78. The average molecular weight is 297 g/mol. The van der Waals surface area contributed by atoms with Crippen molar-refractivity contribution in [1.82, 2.24) is 10.2 Å². The van der Waals surface area contributed by atoms with Gasteiger partial charge in [-0.25, -0.2) is 4.39 Å². The fourth-order valence-corrected chi connectivity index (χ4v) is 3.98. The van der Waals surface area contributed by atoms with Gasteiger partial charge in [-0.15, -0.1) is 0 Å². The van der Waals surface area contributed by atoms with Crippen molar-refractivity contribution in [3.63, 3.8) is 0 Å². The van der Waals surface area contributed by atoms with E-state index in [-0.39, 0.29) is 5.82 Å². The van der Waals surface area contributed by atoms with E-state index < -0.39 is 0 Å². The van der Waals surface area contributed by atoms with Crippen molar-refractivity contribution in [1.29, 1.82) is 0 Å². The van der Waals surface area contributed by atoms with Gasteiger partial charge in [0, 0.05) is 29.2 Å². The van der Waals surface area contributed by atoms with Crippen LogP contribution < -0.4 is 5.32 Å². The highest BCUT2D eigenvalue weighted by Crippen LogP contribution is 2.37. The van der Waals surface area contributed by atoms with Crippen LogP contribution in [0.2, 0.25) is 5.02 Å². The summed E-state index contributed by atoms with van der Waals surface area (Å²) in [5, 5.41) is 4.00. The molecule has 2 saturated heterocycles. The highest BCUT2D eigenvalue weighted by Gasteiger charge is 2.37. The normalized spacial score (nSPS) is 29.9. The Kier molecular flexibility index (Phi) is 4.29. The Balaban J connectivity index is 1.50. The van der Waals surface area contributed by atoms with Crippen LogP contribution in [0.1, 0.15) is 31.2 Å². The lowest BCUT2D eigenvalue weighted by Gasteiger charge is -2.36. The highest BCUT2D eigenvalue weighted by atomic mass is 35.5. The van der Waals surface area contributed by atoms with Crippen molar-refractivity contribution in [2.75, 3.05) is 13.6 Å². The van der Waals surface area contributed by atoms with Crippen LogP contribution in [0, 0.1) is 11.7 Å². The summed E-state index contributed by atoms with van der Waals surface area (Å²) in [5.41, 5.74) is 0.661. The van der Waals surface area contributed by atoms with E-state index in [0.717, 1.165) is 24.5 Å². The highest BCUT2D eigenvalue weighted by molar-refractivity contribution is 6.30. The molecule has 1 aromatic carbocycles. The minimum absolute atomic E-state index is 0.176. The lowest BCUT2D eigenvalue weighted by atomic mass is 9.91. The number of hydrogen-bond donors (Lipinski definition) is 1. The van der Waals surface area contributed by atoms with E-state index in [2.05, 4.69) is 17.3 Å². The van der Waals surface area contributed by atoms with Crippen LogP contribution in [-0.2, 0) is 6.54 Å². The quantitative estimate of drug-likeness (QED) is 0.915. The Morgan fingerprint density at radius 1 is 1.30 bits per heavy atom. The molecular formula is C16H22ClFN2. The van der Waals surface area contributed by atoms with Crippen molar-refractivity contribution >= 4 is 11.6 Å². The minimum Gasteiger partial charge on any atom is -0.312 e. The maximum Gasteiger partial charge on any atom is 0.127 e. The van der Waals surface area contributed by atoms with E-state index in [1.807, 2.05) is 0 Å². The van der Waals surface area contributed by atoms with Crippen LogP contribution in [-0.4, -0.2) is 30.6 Å². The fraction of sp³-hybridized carbons (Fsp3) is 0.625. The first-order valence-electron chi connectivity index (χ1n) is 7.50. The van der Waals surface area contributed by atoms with Crippen LogP contribution in [0.25, 0.3) is 0 Å². The standard InChI is InChI=1S/C16H22ClFN2/c1-20-14-3-4-15(20)7-11(6-14)9-19-10-12-8-13(17)2-5-16(12)18/h2,5,8,11,14-15,19H,3-4,6-7,9-10H2,1H3. The molecule has 2 unspecified atom stereocenters. The van der Waals surface area contributed by atoms with Crippen molar-refractivity contribution in [3.05, 3.63) is 34.6 Å². The monoisotopic (exact) mass is 296 g/mol. The molecule has 3 rings (SSSR count). The SMILES string of the molecule is CN1C2CCC1CC(CNCc1cc(Cl)ccc1F)C2. The van der Waals surface area contributed by atoms with E-state index in [9.17, 15) is 4.39 Å². The molecule has 0 saturated carbocycles. The maximum absolute atomic E-state index is 13.6. The van der Waals surface area contributed by atoms with Gasteiger partial charge in [-0.05, 0) is 63.4 Å². The molecule has 0 aliphatic carbocycles. The molecule has 2 atom stereocenters. The molecule has 2 bridgehead atoms. The average Bonchev–Trinajstić information content (AvgIpc) is 2.65. The first-order chi connectivity index (χ1) is 9.63. The predicted octanol–water partition coefficient (Wildman–Crippen LogP) is 3.44. The molecule has 1 N–H and O–H groups in total. The molecule has 110 valence electrons. The predicted molar refractivity (Wildman–Crippen MR) is 80.4 cm³/mol. The molecule has 0 radical (unpaired) electrons. The van der Waals surface area contributed by atoms with Crippen LogP contribution in [0.15, 0.2) is 18.2 Å². The number of fused-ring (bicyclic) bond motifs is 2. The summed E-state index contributed by atoms with van der Waals surface area (Å²) in [4.78, 5) is 2.55. The zero-order valence-corrected chi connectivity index (χ0v) is 12.7. The molecule has 0 spiro atoms. The molecule has 0 aromatic heterocycles. The zero-order chi connectivity index (χ0) is 14.1. The van der Waals surface area contributed by atoms with Gasteiger partial charge < -0.3 is 10.2 Å². The third kappa shape index (κ3) is 3.00. The topological polar surface area (TPSA) is 15.3 Å². The summed E-state index contributed by atoms with van der Waals surface area (Å²) in [5.74, 6) is 0.552. The van der Waals surface area contributed by atoms with Crippen molar-refractivity contribution in [3.8, 4) is 0 Å². The van der Waals surface area contributed by atoms with Crippen LogP contribution in [0.5, 0.6) is 0 Å². The lowest BCUT2D eigenvalue weighted by molar-refractivity contribution is 0.133. The third-order valence-corrected chi connectivity index (χ3v) is 5.19. The number of rotatable bonds is 4. The number of piperidine rings is 1. The molecule has 2 aliphatic rings. The van der Waals surface area contributed by atoms with Gasteiger partial charge in [0.15, 0.2) is 0 Å². The van der Waals surface area contributed by atoms with Gasteiger partial charge in [-0.1, -0.05) is 11.6 Å². The minimum atomic E-state index is -0.176. The third-order valence-electron chi connectivity index (χ3n) is 4.95. The summed E-state index contributed by atoms with van der Waals surface area (Å²) in [6.07, 6.45) is 5.25. The molecule has 1 aromatic rings. The molecule has 2 nitrogen and oxygen atoms in total. The number of benzene rings is 1. The zero-order valence-electron chi connectivity index (χ0n) is 11.9. The molecular weight excluding hydrogens is 275 g/mol. The second kappa shape index (κ2) is 6.00. The summed E-state index contributed by atoms with van der Waals surface area (Å²) >= 11 is 5.91. The van der Waals surface area contributed by atoms with E-state index in [1.165, 1.54) is 31.7 Å². The smallest absolute Gasteiger partial charge is 0.127 e. The second-order valence-electron chi connectivity index (χ2n) is 6.25. The number of nitrogens with zero attached hydrogens (tertiary/aromatic N) is 1. The molecule has 4 heteroatoms. The molecule has 20 heavy (non-hydrogen) atoms. The summed E-state index contributed by atoms with van der Waals surface area (Å²) in [6, 6.07) is 6.28. The summed E-state index contributed by atoms with van der Waals surface area (Å²) in [7, 11) is 2.26. The van der Waals surface area contributed by atoms with Gasteiger partial charge in [0.25, 0.3) is 0 Å². The summed E-state index contributed by atoms with van der Waals surface area (Å²) < 4.78 is 13.6. The van der Waals surface area contributed by atoms with Gasteiger partial charge in [-0.3, -0.25) is 0 Å². The van der Waals surface area contributed by atoms with Crippen LogP contribution in [0.4, 0.5) is 4.39 Å². The summed E-state index contributed by atoms with van der Waals surface area (Å²) in [6.45, 7) is 1.54. The first kappa shape index (κ1) is 14.3. The Morgan fingerprint density at radius 2 is 2.00 bits per heavy atom. The van der Waals surface area contributed by atoms with Crippen molar-refractivity contribution < 1.29 is 4.39 Å². The van der Waals surface area contributed by atoms with Gasteiger partial charge in [0.2, 0.25) is 0 Å². The van der Waals surface area contributed by atoms with Crippen molar-refractivity contribution in [2.24, 2.45) is 5.92 Å². The Bertz CT molecular complexity index is 466. The second-order valence-corrected chi connectivity index (χ2v) is 6.69. The number of nitrogens with one attached hydrogen (secondary N) is 1. The number of halogens is 2. The van der Waals surface area contributed by atoms with Gasteiger partial charge in [-0.2, -0.15) is 0 Å². The molecule has 2 fully saturated rings. The van der Waals surface area contributed by atoms with Gasteiger partial charge in [0.1, 0.15) is 5.82 Å². The molecule has 0 amide bonds.